The highest BCUT2D eigenvalue weighted by molar-refractivity contribution is 7.88. The van der Waals surface area contributed by atoms with Gasteiger partial charge in [0.15, 0.2) is 0 Å². The average molecular weight is 338 g/mol. The fourth-order valence-electron chi connectivity index (χ4n) is 2.91. The highest BCUT2D eigenvalue weighted by Crippen LogP contribution is 2.21. The third kappa shape index (κ3) is 4.78. The predicted octanol–water partition coefficient (Wildman–Crippen LogP) is 2.10. The van der Waals surface area contributed by atoms with Crippen LogP contribution in [0.4, 0.5) is 0 Å². The van der Waals surface area contributed by atoms with Crippen LogP contribution in [-0.4, -0.2) is 38.0 Å². The third-order valence-corrected chi connectivity index (χ3v) is 5.84. The minimum atomic E-state index is -3.15. The Labute approximate surface area is 139 Å². The average Bonchev–Trinajstić information content (AvgIpc) is 2.54. The summed E-state index contributed by atoms with van der Waals surface area (Å²) in [6, 6.07) is 8.23. The van der Waals surface area contributed by atoms with Gasteiger partial charge in [-0.3, -0.25) is 4.79 Å². The molecule has 1 aliphatic rings. The fourth-order valence-corrected chi connectivity index (χ4v) is 3.78. The number of nitrogens with one attached hydrogen (secondary N) is 1. The molecule has 6 heteroatoms. The number of aryl methyl sites for hydroxylation is 1. The number of nitrogens with zero attached hydrogens (tertiary/aromatic N) is 1. The van der Waals surface area contributed by atoms with Crippen LogP contribution in [0, 0.1) is 5.92 Å². The van der Waals surface area contributed by atoms with Crippen LogP contribution >= 0.6 is 0 Å². The lowest BCUT2D eigenvalue weighted by Gasteiger charge is -2.30. The van der Waals surface area contributed by atoms with Crippen molar-refractivity contribution in [1.82, 2.24) is 9.62 Å². The summed E-state index contributed by atoms with van der Waals surface area (Å²) in [4.78, 5) is 12.4. The van der Waals surface area contributed by atoms with Crippen molar-refractivity contribution in [3.05, 3.63) is 35.4 Å². The Hall–Kier alpha value is -1.40. The van der Waals surface area contributed by atoms with Crippen LogP contribution in [0.2, 0.25) is 0 Å². The van der Waals surface area contributed by atoms with E-state index in [-0.39, 0.29) is 17.9 Å². The number of rotatable bonds is 5. The van der Waals surface area contributed by atoms with Gasteiger partial charge in [0, 0.05) is 19.0 Å². The number of amides is 1. The molecule has 0 saturated carbocycles. The first-order valence-corrected chi connectivity index (χ1v) is 10.0. The Morgan fingerprint density at radius 2 is 1.83 bits per heavy atom. The quantitative estimate of drug-likeness (QED) is 0.894. The highest BCUT2D eigenvalue weighted by atomic mass is 32.2. The Bertz CT molecular complexity index is 632. The van der Waals surface area contributed by atoms with Gasteiger partial charge in [-0.2, -0.15) is 0 Å². The van der Waals surface area contributed by atoms with Crippen LogP contribution in [0.1, 0.15) is 43.9 Å². The summed E-state index contributed by atoms with van der Waals surface area (Å²) in [5.41, 5.74) is 2.37. The molecular weight excluding hydrogens is 312 g/mol. The van der Waals surface area contributed by atoms with E-state index < -0.39 is 10.0 Å². The lowest BCUT2D eigenvalue weighted by molar-refractivity contribution is -0.126. The predicted molar refractivity (Wildman–Crippen MR) is 91.5 cm³/mol. The van der Waals surface area contributed by atoms with E-state index in [1.165, 1.54) is 16.1 Å². The molecule has 1 saturated heterocycles. The van der Waals surface area contributed by atoms with Crippen molar-refractivity contribution in [3.8, 4) is 0 Å². The van der Waals surface area contributed by atoms with E-state index in [4.69, 9.17) is 0 Å². The van der Waals surface area contributed by atoms with E-state index in [0.717, 1.165) is 12.0 Å². The standard InChI is InChI=1S/C17H26N2O3S/c1-4-14-5-7-15(8-6-14)13(2)18-17(20)16-9-11-19(12-10-16)23(3,21)22/h5-8,13,16H,4,9-12H2,1-3H3,(H,18,20)/t13-/m1/s1. The smallest absolute Gasteiger partial charge is 0.223 e. The minimum Gasteiger partial charge on any atom is -0.349 e. The van der Waals surface area contributed by atoms with E-state index in [0.29, 0.717) is 25.9 Å². The van der Waals surface area contributed by atoms with E-state index in [1.807, 2.05) is 6.92 Å². The summed E-state index contributed by atoms with van der Waals surface area (Å²) < 4.78 is 24.5. The fraction of sp³-hybridized carbons (Fsp3) is 0.588. The van der Waals surface area contributed by atoms with Gasteiger partial charge >= 0.3 is 0 Å². The zero-order chi connectivity index (χ0) is 17.0. The zero-order valence-electron chi connectivity index (χ0n) is 14.1. The van der Waals surface area contributed by atoms with E-state index in [2.05, 4.69) is 36.5 Å². The molecule has 1 N–H and O–H groups in total. The molecule has 1 amide bonds. The van der Waals surface area contributed by atoms with Crippen molar-refractivity contribution in [2.24, 2.45) is 5.92 Å². The van der Waals surface area contributed by atoms with Gasteiger partial charge < -0.3 is 5.32 Å². The maximum Gasteiger partial charge on any atom is 0.223 e. The summed E-state index contributed by atoms with van der Waals surface area (Å²) in [5, 5.41) is 3.05. The van der Waals surface area contributed by atoms with Crippen LogP contribution in [0.15, 0.2) is 24.3 Å². The number of hydrogen-bond acceptors (Lipinski definition) is 3. The van der Waals surface area contributed by atoms with E-state index in [9.17, 15) is 13.2 Å². The largest absolute Gasteiger partial charge is 0.349 e. The van der Waals surface area contributed by atoms with Gasteiger partial charge in [-0.25, -0.2) is 12.7 Å². The molecule has 0 aromatic heterocycles. The molecule has 1 aliphatic heterocycles. The van der Waals surface area contributed by atoms with Gasteiger partial charge in [-0.1, -0.05) is 31.2 Å². The second-order valence-corrected chi connectivity index (χ2v) is 8.24. The summed E-state index contributed by atoms with van der Waals surface area (Å²) in [5.74, 6) is -0.0874. The molecule has 1 fully saturated rings. The molecule has 23 heavy (non-hydrogen) atoms. The molecule has 1 heterocycles. The Balaban J connectivity index is 1.89. The SMILES string of the molecule is CCc1ccc([C@@H](C)NC(=O)C2CCN(S(C)(=O)=O)CC2)cc1. The first-order chi connectivity index (χ1) is 10.8. The first-order valence-electron chi connectivity index (χ1n) is 8.15. The van der Waals surface area contributed by atoms with Crippen LogP contribution in [-0.2, 0) is 21.2 Å². The Morgan fingerprint density at radius 3 is 2.30 bits per heavy atom. The van der Waals surface area contributed by atoms with Crippen LogP contribution in [0.25, 0.3) is 0 Å². The van der Waals surface area contributed by atoms with Crippen molar-refractivity contribution < 1.29 is 13.2 Å². The molecule has 0 radical (unpaired) electrons. The Morgan fingerprint density at radius 1 is 1.26 bits per heavy atom. The summed E-state index contributed by atoms with van der Waals surface area (Å²) >= 11 is 0. The highest BCUT2D eigenvalue weighted by Gasteiger charge is 2.29. The number of carbonyl (C=O) groups excluding carboxylic acids is 1. The van der Waals surface area contributed by atoms with Gasteiger partial charge in [-0.05, 0) is 37.3 Å². The maximum absolute atomic E-state index is 12.4. The molecule has 0 bridgehead atoms. The summed E-state index contributed by atoms with van der Waals surface area (Å²) in [6.45, 7) is 4.94. The van der Waals surface area contributed by atoms with Gasteiger partial charge in [0.2, 0.25) is 15.9 Å². The Kier molecular flexibility index (Phi) is 5.81. The molecule has 5 nitrogen and oxygen atoms in total. The number of hydrogen-bond donors (Lipinski definition) is 1. The zero-order valence-corrected chi connectivity index (χ0v) is 14.9. The molecule has 1 aromatic carbocycles. The van der Waals surface area contributed by atoms with E-state index in [1.54, 1.807) is 0 Å². The van der Waals surface area contributed by atoms with Crippen molar-refractivity contribution in [2.45, 2.75) is 39.2 Å². The van der Waals surface area contributed by atoms with Crippen molar-refractivity contribution >= 4 is 15.9 Å². The molecule has 1 atom stereocenters. The molecule has 2 rings (SSSR count). The molecular formula is C17H26N2O3S. The van der Waals surface area contributed by atoms with Crippen LogP contribution < -0.4 is 5.32 Å². The lowest BCUT2D eigenvalue weighted by Crippen LogP contribution is -2.43. The normalized spacial score (nSPS) is 18.6. The summed E-state index contributed by atoms with van der Waals surface area (Å²) in [7, 11) is -3.15. The number of piperidine rings is 1. The van der Waals surface area contributed by atoms with Gasteiger partial charge in [0.05, 0.1) is 12.3 Å². The molecule has 128 valence electrons. The van der Waals surface area contributed by atoms with E-state index >= 15 is 0 Å². The maximum atomic E-state index is 12.4. The van der Waals surface area contributed by atoms with Crippen LogP contribution in [0.3, 0.4) is 0 Å². The topological polar surface area (TPSA) is 66.5 Å². The van der Waals surface area contributed by atoms with Gasteiger partial charge in [0.1, 0.15) is 0 Å². The molecule has 0 unspecified atom stereocenters. The van der Waals surface area contributed by atoms with Crippen molar-refractivity contribution in [3.63, 3.8) is 0 Å². The van der Waals surface area contributed by atoms with Gasteiger partial charge in [-0.15, -0.1) is 0 Å². The van der Waals surface area contributed by atoms with Crippen LogP contribution in [0.5, 0.6) is 0 Å². The second kappa shape index (κ2) is 7.45. The first kappa shape index (κ1) is 17.9. The lowest BCUT2D eigenvalue weighted by atomic mass is 9.96. The number of carbonyl (C=O) groups is 1. The molecule has 1 aromatic rings. The number of sulfonamides is 1. The van der Waals surface area contributed by atoms with Crippen molar-refractivity contribution in [2.75, 3.05) is 19.3 Å². The molecule has 0 aliphatic carbocycles. The van der Waals surface area contributed by atoms with Gasteiger partial charge in [0.25, 0.3) is 0 Å². The number of benzene rings is 1. The second-order valence-electron chi connectivity index (χ2n) is 6.26. The minimum absolute atomic E-state index is 0.0187. The monoisotopic (exact) mass is 338 g/mol. The summed E-state index contributed by atoms with van der Waals surface area (Å²) in [6.07, 6.45) is 3.39. The van der Waals surface area contributed by atoms with Crippen molar-refractivity contribution in [1.29, 1.82) is 0 Å². The third-order valence-electron chi connectivity index (χ3n) is 4.54. The molecule has 0 spiro atoms.